The quantitative estimate of drug-likeness (QED) is 0.899. The van der Waals surface area contributed by atoms with Crippen LogP contribution < -0.4 is 10.6 Å². The van der Waals surface area contributed by atoms with Gasteiger partial charge in [0, 0.05) is 19.1 Å². The molecule has 3 heteroatoms. The van der Waals surface area contributed by atoms with Crippen LogP contribution in [0.15, 0.2) is 18.2 Å². The van der Waals surface area contributed by atoms with Crippen molar-refractivity contribution < 1.29 is 0 Å². The van der Waals surface area contributed by atoms with Gasteiger partial charge in [-0.2, -0.15) is 0 Å². The number of piperidine rings is 1. The molecule has 1 aromatic carbocycles. The fraction of sp³-hybridized carbons (Fsp3) is 0.647. The van der Waals surface area contributed by atoms with Gasteiger partial charge in [0.2, 0.25) is 0 Å². The number of anilines is 1. The van der Waals surface area contributed by atoms with E-state index in [1.807, 2.05) is 12.1 Å². The molecule has 0 spiro atoms. The fourth-order valence-electron chi connectivity index (χ4n) is 2.84. The monoisotopic (exact) mass is 294 g/mol. The lowest BCUT2D eigenvalue weighted by Gasteiger charge is -2.39. The van der Waals surface area contributed by atoms with Crippen LogP contribution in [0.1, 0.15) is 45.6 Å². The molecule has 2 nitrogen and oxygen atoms in total. The van der Waals surface area contributed by atoms with Gasteiger partial charge in [-0.15, -0.1) is 0 Å². The highest BCUT2D eigenvalue weighted by Crippen LogP contribution is 2.37. The first kappa shape index (κ1) is 15.7. The van der Waals surface area contributed by atoms with Gasteiger partial charge in [0.05, 0.1) is 10.7 Å². The van der Waals surface area contributed by atoms with Crippen molar-refractivity contribution >= 4 is 17.3 Å². The number of hydrogen-bond acceptors (Lipinski definition) is 2. The molecule has 1 unspecified atom stereocenters. The van der Waals surface area contributed by atoms with E-state index >= 15 is 0 Å². The normalized spacial score (nSPS) is 19.9. The predicted molar refractivity (Wildman–Crippen MR) is 88.7 cm³/mol. The Labute approximate surface area is 128 Å². The molecule has 1 atom stereocenters. The van der Waals surface area contributed by atoms with Crippen LogP contribution in [0.2, 0.25) is 5.02 Å². The Balaban J connectivity index is 2.22. The van der Waals surface area contributed by atoms with E-state index in [4.69, 9.17) is 17.3 Å². The summed E-state index contributed by atoms with van der Waals surface area (Å²) in [6.07, 6.45) is 4.35. The Morgan fingerprint density at radius 2 is 1.95 bits per heavy atom. The molecule has 0 aliphatic carbocycles. The Bertz CT molecular complexity index is 446. The van der Waals surface area contributed by atoms with E-state index in [0.29, 0.717) is 5.41 Å². The van der Waals surface area contributed by atoms with Gasteiger partial charge in [0.1, 0.15) is 0 Å². The van der Waals surface area contributed by atoms with E-state index in [2.05, 4.69) is 31.7 Å². The zero-order valence-electron chi connectivity index (χ0n) is 13.0. The van der Waals surface area contributed by atoms with Crippen molar-refractivity contribution in [3.05, 3.63) is 28.8 Å². The summed E-state index contributed by atoms with van der Waals surface area (Å²) in [7, 11) is 0. The molecular formula is C17H27ClN2. The maximum absolute atomic E-state index is 6.48. The third-order valence-corrected chi connectivity index (χ3v) is 4.82. The molecule has 20 heavy (non-hydrogen) atoms. The smallest absolute Gasteiger partial charge is 0.0642 e. The molecule has 2 rings (SSSR count). The lowest BCUT2D eigenvalue weighted by molar-refractivity contribution is 0.279. The van der Waals surface area contributed by atoms with E-state index in [0.717, 1.165) is 31.0 Å². The van der Waals surface area contributed by atoms with Crippen LogP contribution >= 0.6 is 11.6 Å². The van der Waals surface area contributed by atoms with Gasteiger partial charge < -0.3 is 10.6 Å². The second-order valence-electron chi connectivity index (χ2n) is 6.77. The molecule has 1 saturated heterocycles. The lowest BCUT2D eigenvalue weighted by atomic mass is 9.82. The van der Waals surface area contributed by atoms with Crippen LogP contribution in [0, 0.1) is 5.41 Å². The molecule has 1 fully saturated rings. The highest BCUT2D eigenvalue weighted by atomic mass is 35.5. The fourth-order valence-corrected chi connectivity index (χ4v) is 3.15. The summed E-state index contributed by atoms with van der Waals surface area (Å²) in [6, 6.07) is 6.43. The first-order valence-electron chi connectivity index (χ1n) is 7.71. The lowest BCUT2D eigenvalue weighted by Crippen LogP contribution is -2.38. The number of rotatable bonds is 4. The van der Waals surface area contributed by atoms with Gasteiger partial charge >= 0.3 is 0 Å². The zero-order valence-corrected chi connectivity index (χ0v) is 13.7. The molecule has 1 aliphatic rings. The second-order valence-corrected chi connectivity index (χ2v) is 7.18. The van der Waals surface area contributed by atoms with Gasteiger partial charge in [0.25, 0.3) is 0 Å². The SMILES string of the molecule is CCC(N)Cc1cccc(Cl)c1N1CCC(C)(C)CC1. The number of halogens is 1. The summed E-state index contributed by atoms with van der Waals surface area (Å²) in [4.78, 5) is 2.45. The van der Waals surface area contributed by atoms with Gasteiger partial charge in [-0.05, 0) is 42.7 Å². The first-order chi connectivity index (χ1) is 9.43. The Hall–Kier alpha value is -0.730. The minimum atomic E-state index is 0.216. The van der Waals surface area contributed by atoms with E-state index in [9.17, 15) is 0 Å². The zero-order chi connectivity index (χ0) is 14.8. The van der Waals surface area contributed by atoms with E-state index < -0.39 is 0 Å². The predicted octanol–water partition coefficient (Wildman–Crippen LogP) is 4.25. The minimum absolute atomic E-state index is 0.216. The van der Waals surface area contributed by atoms with Gasteiger partial charge in [-0.25, -0.2) is 0 Å². The van der Waals surface area contributed by atoms with E-state index in [1.54, 1.807) is 0 Å². The summed E-state index contributed by atoms with van der Waals surface area (Å²) in [5.41, 5.74) is 9.11. The standard InChI is InChI=1S/C17H27ClN2/c1-4-14(19)12-13-6-5-7-15(18)16(13)20-10-8-17(2,3)9-11-20/h5-7,14H,4,8-12,19H2,1-3H3. The van der Waals surface area contributed by atoms with E-state index in [1.165, 1.54) is 24.1 Å². The van der Waals surface area contributed by atoms with Gasteiger partial charge in [-0.1, -0.05) is 44.5 Å². The third kappa shape index (κ3) is 3.67. The summed E-state index contributed by atoms with van der Waals surface area (Å²) >= 11 is 6.48. The van der Waals surface area contributed by atoms with Crippen LogP contribution in [-0.4, -0.2) is 19.1 Å². The highest BCUT2D eigenvalue weighted by molar-refractivity contribution is 6.33. The Morgan fingerprint density at radius 1 is 1.30 bits per heavy atom. The molecule has 112 valence electrons. The molecule has 0 bridgehead atoms. The minimum Gasteiger partial charge on any atom is -0.370 e. The molecule has 0 saturated carbocycles. The molecule has 0 radical (unpaired) electrons. The first-order valence-corrected chi connectivity index (χ1v) is 8.08. The molecule has 0 aromatic heterocycles. The molecular weight excluding hydrogens is 268 g/mol. The Morgan fingerprint density at radius 3 is 2.55 bits per heavy atom. The average Bonchev–Trinajstić information content (AvgIpc) is 2.40. The molecule has 1 heterocycles. The summed E-state index contributed by atoms with van der Waals surface area (Å²) in [5.74, 6) is 0. The largest absolute Gasteiger partial charge is 0.370 e. The summed E-state index contributed by atoms with van der Waals surface area (Å²) in [6.45, 7) is 9.02. The molecule has 0 amide bonds. The van der Waals surface area contributed by atoms with Crippen molar-refractivity contribution in [2.45, 2.75) is 52.5 Å². The van der Waals surface area contributed by atoms with E-state index in [-0.39, 0.29) is 6.04 Å². The van der Waals surface area contributed by atoms with Crippen LogP contribution in [0.25, 0.3) is 0 Å². The van der Waals surface area contributed by atoms with Gasteiger partial charge in [-0.3, -0.25) is 0 Å². The topological polar surface area (TPSA) is 29.3 Å². The highest BCUT2D eigenvalue weighted by Gasteiger charge is 2.27. The van der Waals surface area contributed by atoms with Crippen molar-refractivity contribution in [1.82, 2.24) is 0 Å². The van der Waals surface area contributed by atoms with Crippen molar-refractivity contribution in [3.63, 3.8) is 0 Å². The van der Waals surface area contributed by atoms with Crippen molar-refractivity contribution in [2.24, 2.45) is 11.1 Å². The van der Waals surface area contributed by atoms with Crippen LogP contribution in [0.5, 0.6) is 0 Å². The second kappa shape index (κ2) is 6.36. The summed E-state index contributed by atoms with van der Waals surface area (Å²) in [5, 5.41) is 0.866. The maximum Gasteiger partial charge on any atom is 0.0642 e. The maximum atomic E-state index is 6.48. The van der Waals surface area contributed by atoms with Crippen molar-refractivity contribution in [2.75, 3.05) is 18.0 Å². The molecule has 2 N–H and O–H groups in total. The van der Waals surface area contributed by atoms with Crippen molar-refractivity contribution in [1.29, 1.82) is 0 Å². The number of nitrogens with zero attached hydrogens (tertiary/aromatic N) is 1. The number of hydrogen-bond donors (Lipinski definition) is 1. The van der Waals surface area contributed by atoms with Gasteiger partial charge in [0.15, 0.2) is 0 Å². The Kier molecular flexibility index (Phi) is 4.98. The third-order valence-electron chi connectivity index (χ3n) is 4.51. The molecule has 1 aromatic rings. The average molecular weight is 295 g/mol. The number of para-hydroxylation sites is 1. The number of nitrogens with two attached hydrogens (primary N) is 1. The van der Waals surface area contributed by atoms with Crippen LogP contribution in [0.4, 0.5) is 5.69 Å². The number of benzene rings is 1. The van der Waals surface area contributed by atoms with Crippen LogP contribution in [0.3, 0.4) is 0 Å². The van der Waals surface area contributed by atoms with Crippen LogP contribution in [-0.2, 0) is 6.42 Å². The summed E-state index contributed by atoms with van der Waals surface area (Å²) < 4.78 is 0. The molecule has 1 aliphatic heterocycles. The van der Waals surface area contributed by atoms with Crippen molar-refractivity contribution in [3.8, 4) is 0 Å².